The summed E-state index contributed by atoms with van der Waals surface area (Å²) in [6, 6.07) is 12.2. The van der Waals surface area contributed by atoms with Crippen LogP contribution in [0.25, 0.3) is 0 Å². The van der Waals surface area contributed by atoms with E-state index in [-0.39, 0.29) is 17.7 Å². The molecule has 1 aliphatic heterocycles. The number of halogens is 2. The number of carbonyl (C=O) groups is 2. The first-order valence-corrected chi connectivity index (χ1v) is 9.31. The Morgan fingerprint density at radius 1 is 1.08 bits per heavy atom. The van der Waals surface area contributed by atoms with E-state index in [4.69, 9.17) is 23.2 Å². The second kappa shape index (κ2) is 8.11. The van der Waals surface area contributed by atoms with Crippen molar-refractivity contribution in [1.82, 2.24) is 4.90 Å². The summed E-state index contributed by atoms with van der Waals surface area (Å²) >= 11 is 11.8. The minimum Gasteiger partial charge on any atom is -0.338 e. The first-order valence-electron chi connectivity index (χ1n) is 8.56. The Balaban J connectivity index is 1.66. The third-order valence-electron chi connectivity index (χ3n) is 4.62. The van der Waals surface area contributed by atoms with Crippen molar-refractivity contribution < 1.29 is 9.59 Å². The van der Waals surface area contributed by atoms with E-state index >= 15 is 0 Å². The summed E-state index contributed by atoms with van der Waals surface area (Å²) in [5.74, 6) is -0.360. The first kappa shape index (κ1) is 18.7. The molecule has 4 nitrogen and oxygen atoms in total. The van der Waals surface area contributed by atoms with Gasteiger partial charge in [-0.3, -0.25) is 9.59 Å². The number of benzene rings is 2. The van der Waals surface area contributed by atoms with Gasteiger partial charge in [0.1, 0.15) is 0 Å². The fourth-order valence-corrected chi connectivity index (χ4v) is 3.51. The molecule has 1 fully saturated rings. The van der Waals surface area contributed by atoms with Crippen LogP contribution in [-0.4, -0.2) is 29.8 Å². The number of likely N-dealkylation sites (tertiary alicyclic amines) is 1. The number of rotatable bonds is 3. The molecule has 26 heavy (non-hydrogen) atoms. The van der Waals surface area contributed by atoms with Crippen molar-refractivity contribution in [1.29, 1.82) is 0 Å². The van der Waals surface area contributed by atoms with Gasteiger partial charge in [0, 0.05) is 34.4 Å². The molecule has 2 aromatic carbocycles. The van der Waals surface area contributed by atoms with Gasteiger partial charge in [-0.25, -0.2) is 0 Å². The van der Waals surface area contributed by atoms with Crippen molar-refractivity contribution in [3.05, 3.63) is 63.6 Å². The Hall–Kier alpha value is -2.04. The van der Waals surface area contributed by atoms with Crippen LogP contribution < -0.4 is 5.32 Å². The fraction of sp³-hybridized carbons (Fsp3) is 0.300. The van der Waals surface area contributed by atoms with Crippen molar-refractivity contribution in [2.45, 2.75) is 19.8 Å². The predicted octanol–water partition coefficient (Wildman–Crippen LogP) is 4.79. The van der Waals surface area contributed by atoms with Gasteiger partial charge in [-0.15, -0.1) is 0 Å². The molecule has 1 N–H and O–H groups in total. The largest absolute Gasteiger partial charge is 0.338 e. The van der Waals surface area contributed by atoms with E-state index in [9.17, 15) is 9.59 Å². The number of nitrogens with one attached hydrogen (secondary N) is 1. The van der Waals surface area contributed by atoms with E-state index in [0.717, 1.165) is 24.1 Å². The van der Waals surface area contributed by atoms with Crippen molar-refractivity contribution in [3.8, 4) is 0 Å². The van der Waals surface area contributed by atoms with Gasteiger partial charge < -0.3 is 10.2 Å². The average molecular weight is 391 g/mol. The van der Waals surface area contributed by atoms with Crippen LogP contribution in [0.15, 0.2) is 42.5 Å². The summed E-state index contributed by atoms with van der Waals surface area (Å²) in [4.78, 5) is 27.1. The Morgan fingerprint density at radius 3 is 2.46 bits per heavy atom. The number of carbonyl (C=O) groups excluding carboxylic acids is 2. The first-order chi connectivity index (χ1) is 12.4. The third kappa shape index (κ3) is 4.37. The molecule has 0 radical (unpaired) electrons. The summed E-state index contributed by atoms with van der Waals surface area (Å²) < 4.78 is 0. The van der Waals surface area contributed by atoms with Gasteiger partial charge in [0.2, 0.25) is 5.91 Å². The highest BCUT2D eigenvalue weighted by molar-refractivity contribution is 6.31. The monoisotopic (exact) mass is 390 g/mol. The zero-order valence-corrected chi connectivity index (χ0v) is 16.0. The lowest BCUT2D eigenvalue weighted by molar-refractivity contribution is -0.121. The molecule has 1 saturated heterocycles. The van der Waals surface area contributed by atoms with E-state index in [1.54, 1.807) is 41.3 Å². The van der Waals surface area contributed by atoms with Crippen LogP contribution in [0.5, 0.6) is 0 Å². The average Bonchev–Trinajstić information content (AvgIpc) is 2.64. The number of hydrogen-bond acceptors (Lipinski definition) is 2. The van der Waals surface area contributed by atoms with Crippen molar-refractivity contribution in [2.75, 3.05) is 18.4 Å². The van der Waals surface area contributed by atoms with Gasteiger partial charge in [0.15, 0.2) is 0 Å². The van der Waals surface area contributed by atoms with Gasteiger partial charge in [-0.1, -0.05) is 23.2 Å². The fourth-order valence-electron chi connectivity index (χ4n) is 3.15. The van der Waals surface area contributed by atoms with E-state index in [1.165, 1.54) is 0 Å². The topological polar surface area (TPSA) is 49.4 Å². The zero-order valence-electron chi connectivity index (χ0n) is 14.5. The molecule has 0 aliphatic carbocycles. The van der Waals surface area contributed by atoms with Gasteiger partial charge in [-0.05, 0) is 67.8 Å². The minimum absolute atomic E-state index is 0.0657. The van der Waals surface area contributed by atoms with Crippen LogP contribution in [0.1, 0.15) is 28.8 Å². The minimum atomic E-state index is -0.227. The Morgan fingerprint density at radius 2 is 1.77 bits per heavy atom. The molecule has 0 spiro atoms. The van der Waals surface area contributed by atoms with Gasteiger partial charge in [0.05, 0.1) is 5.92 Å². The predicted molar refractivity (Wildman–Crippen MR) is 105 cm³/mol. The van der Waals surface area contributed by atoms with E-state index in [0.29, 0.717) is 28.7 Å². The third-order valence-corrected chi connectivity index (χ3v) is 5.10. The Kier molecular flexibility index (Phi) is 5.84. The van der Waals surface area contributed by atoms with Gasteiger partial charge >= 0.3 is 0 Å². The molecule has 0 aromatic heterocycles. The molecule has 6 heteroatoms. The van der Waals surface area contributed by atoms with Crippen LogP contribution in [0.2, 0.25) is 10.0 Å². The second-order valence-corrected chi connectivity index (χ2v) is 7.42. The second-order valence-electron chi connectivity index (χ2n) is 6.55. The molecule has 1 heterocycles. The standard InChI is InChI=1S/C20H20Cl2N2O2/c1-13-11-17(22)8-9-18(13)23-19(25)15-3-2-10-24(12-15)20(26)14-4-6-16(21)7-5-14/h4-9,11,15H,2-3,10,12H2,1H3,(H,23,25). The summed E-state index contributed by atoms with van der Waals surface area (Å²) in [7, 11) is 0. The lowest BCUT2D eigenvalue weighted by Crippen LogP contribution is -2.43. The molecule has 2 amide bonds. The summed E-state index contributed by atoms with van der Waals surface area (Å²) in [5.41, 5.74) is 2.25. The zero-order chi connectivity index (χ0) is 18.7. The van der Waals surface area contributed by atoms with E-state index < -0.39 is 0 Å². The van der Waals surface area contributed by atoms with Crippen LogP contribution in [0, 0.1) is 12.8 Å². The molecule has 3 rings (SSSR count). The highest BCUT2D eigenvalue weighted by Crippen LogP contribution is 2.24. The number of aryl methyl sites for hydroxylation is 1. The highest BCUT2D eigenvalue weighted by Gasteiger charge is 2.29. The summed E-state index contributed by atoms with van der Waals surface area (Å²) in [6.07, 6.45) is 1.57. The van der Waals surface area contributed by atoms with E-state index in [1.807, 2.05) is 13.0 Å². The van der Waals surface area contributed by atoms with Crippen LogP contribution >= 0.6 is 23.2 Å². The normalized spacial score (nSPS) is 17.0. The molecule has 0 saturated carbocycles. The number of piperidine rings is 1. The molecule has 136 valence electrons. The number of amides is 2. The van der Waals surface area contributed by atoms with Crippen LogP contribution in [0.4, 0.5) is 5.69 Å². The SMILES string of the molecule is Cc1cc(Cl)ccc1NC(=O)C1CCCN(C(=O)c2ccc(Cl)cc2)C1. The molecule has 2 aromatic rings. The maximum Gasteiger partial charge on any atom is 0.253 e. The van der Waals surface area contributed by atoms with Crippen LogP contribution in [-0.2, 0) is 4.79 Å². The molecule has 0 bridgehead atoms. The van der Waals surface area contributed by atoms with E-state index in [2.05, 4.69) is 5.32 Å². The molecule has 1 aliphatic rings. The number of anilines is 1. The Labute approximate surface area is 163 Å². The molecular formula is C20H20Cl2N2O2. The quantitative estimate of drug-likeness (QED) is 0.818. The highest BCUT2D eigenvalue weighted by atomic mass is 35.5. The molecule has 1 atom stereocenters. The van der Waals surface area contributed by atoms with Crippen molar-refractivity contribution in [2.24, 2.45) is 5.92 Å². The Bertz CT molecular complexity index is 821. The maximum atomic E-state index is 12.7. The lowest BCUT2D eigenvalue weighted by Gasteiger charge is -2.32. The number of hydrogen-bond donors (Lipinski definition) is 1. The lowest BCUT2D eigenvalue weighted by atomic mass is 9.96. The van der Waals surface area contributed by atoms with Crippen molar-refractivity contribution >= 4 is 40.7 Å². The van der Waals surface area contributed by atoms with Crippen LogP contribution in [0.3, 0.4) is 0 Å². The smallest absolute Gasteiger partial charge is 0.253 e. The van der Waals surface area contributed by atoms with Crippen molar-refractivity contribution in [3.63, 3.8) is 0 Å². The van der Waals surface area contributed by atoms with Gasteiger partial charge in [-0.2, -0.15) is 0 Å². The molecule has 1 unspecified atom stereocenters. The maximum absolute atomic E-state index is 12.7. The summed E-state index contributed by atoms with van der Waals surface area (Å²) in [6.45, 7) is 2.98. The number of nitrogens with zero attached hydrogens (tertiary/aromatic N) is 1. The van der Waals surface area contributed by atoms with Gasteiger partial charge in [0.25, 0.3) is 5.91 Å². The summed E-state index contributed by atoms with van der Waals surface area (Å²) in [5, 5.41) is 4.19. The molecular weight excluding hydrogens is 371 g/mol.